The van der Waals surface area contributed by atoms with E-state index in [1.54, 1.807) is 0 Å². The van der Waals surface area contributed by atoms with Crippen LogP contribution in [-0.2, 0) is 0 Å². The van der Waals surface area contributed by atoms with Gasteiger partial charge in [-0.15, -0.1) is 0 Å². The zero-order valence-electron chi connectivity index (χ0n) is 9.08. The Labute approximate surface area is 81.3 Å². The third-order valence-corrected chi connectivity index (χ3v) is 2.83. The van der Waals surface area contributed by atoms with Crippen molar-refractivity contribution in [2.45, 2.75) is 12.8 Å². The molecule has 0 spiro atoms. The largest absolute Gasteiger partial charge is 0.396 e. The second kappa shape index (κ2) is 4.40. The summed E-state index contributed by atoms with van der Waals surface area (Å²) in [7, 11) is 6.32. The van der Waals surface area contributed by atoms with Gasteiger partial charge in [0.15, 0.2) is 0 Å². The molecule has 0 aromatic heterocycles. The maximum Gasteiger partial charge on any atom is 0.0499 e. The molecule has 1 rings (SSSR count). The van der Waals surface area contributed by atoms with Crippen LogP contribution in [0.15, 0.2) is 0 Å². The van der Waals surface area contributed by atoms with Crippen molar-refractivity contribution in [2.75, 3.05) is 47.4 Å². The smallest absolute Gasteiger partial charge is 0.0499 e. The maximum atomic E-state index is 9.15. The molecule has 3 nitrogen and oxygen atoms in total. The zero-order valence-corrected chi connectivity index (χ0v) is 9.08. The van der Waals surface area contributed by atoms with E-state index < -0.39 is 0 Å². The summed E-state index contributed by atoms with van der Waals surface area (Å²) in [5, 5.41) is 9.15. The van der Waals surface area contributed by atoms with E-state index in [2.05, 4.69) is 30.9 Å². The first kappa shape index (κ1) is 11.0. The van der Waals surface area contributed by atoms with Gasteiger partial charge in [0.2, 0.25) is 0 Å². The fourth-order valence-electron chi connectivity index (χ4n) is 1.57. The highest BCUT2D eigenvalue weighted by Gasteiger charge is 2.42. The molecule has 0 amide bonds. The summed E-state index contributed by atoms with van der Waals surface area (Å²) < 4.78 is 0. The quantitative estimate of drug-likeness (QED) is 0.644. The molecule has 0 unspecified atom stereocenters. The Morgan fingerprint density at radius 2 is 1.77 bits per heavy atom. The van der Waals surface area contributed by atoms with Crippen LogP contribution in [-0.4, -0.2) is 62.3 Å². The number of rotatable bonds is 6. The zero-order chi connectivity index (χ0) is 9.90. The van der Waals surface area contributed by atoms with E-state index in [4.69, 9.17) is 5.11 Å². The van der Waals surface area contributed by atoms with Crippen molar-refractivity contribution in [3.05, 3.63) is 0 Å². The number of likely N-dealkylation sites (N-methyl/N-ethyl adjacent to an activating group) is 2. The molecule has 0 bridgehead atoms. The van der Waals surface area contributed by atoms with Crippen molar-refractivity contribution in [3.63, 3.8) is 0 Å². The van der Waals surface area contributed by atoms with Crippen molar-refractivity contribution >= 4 is 0 Å². The van der Waals surface area contributed by atoms with E-state index in [0.717, 1.165) is 19.6 Å². The van der Waals surface area contributed by atoms with Crippen molar-refractivity contribution in [1.82, 2.24) is 9.80 Å². The Morgan fingerprint density at radius 3 is 2.15 bits per heavy atom. The number of aliphatic hydroxyl groups is 1. The van der Waals surface area contributed by atoms with Gasteiger partial charge >= 0.3 is 0 Å². The molecule has 0 aliphatic heterocycles. The van der Waals surface area contributed by atoms with Crippen LogP contribution in [0.4, 0.5) is 0 Å². The van der Waals surface area contributed by atoms with Crippen molar-refractivity contribution < 1.29 is 5.11 Å². The SMILES string of the molecule is CN(C)CCN(C)CC1(CO)CC1. The van der Waals surface area contributed by atoms with Crippen LogP contribution < -0.4 is 0 Å². The predicted molar refractivity (Wildman–Crippen MR) is 54.8 cm³/mol. The second-order valence-electron chi connectivity index (χ2n) is 4.70. The molecule has 1 aliphatic rings. The first-order valence-electron chi connectivity index (χ1n) is 5.02. The monoisotopic (exact) mass is 186 g/mol. The number of nitrogens with zero attached hydrogens (tertiary/aromatic N) is 2. The standard InChI is InChI=1S/C10H22N2O/c1-11(2)6-7-12(3)8-10(9-13)4-5-10/h13H,4-9H2,1-3H3. The van der Waals surface area contributed by atoms with Gasteiger partial charge in [0.05, 0.1) is 0 Å². The van der Waals surface area contributed by atoms with Gasteiger partial charge in [-0.25, -0.2) is 0 Å². The normalized spacial score (nSPS) is 19.8. The minimum Gasteiger partial charge on any atom is -0.396 e. The van der Waals surface area contributed by atoms with E-state index in [-0.39, 0.29) is 5.41 Å². The molecule has 0 radical (unpaired) electrons. The molecule has 1 N–H and O–H groups in total. The van der Waals surface area contributed by atoms with E-state index in [1.807, 2.05) is 0 Å². The molecule has 1 aliphatic carbocycles. The fraction of sp³-hybridized carbons (Fsp3) is 1.00. The number of hydrogen-bond acceptors (Lipinski definition) is 3. The van der Waals surface area contributed by atoms with Gasteiger partial charge in [0.1, 0.15) is 0 Å². The molecule has 0 aromatic carbocycles. The molecular weight excluding hydrogens is 164 g/mol. The highest BCUT2D eigenvalue weighted by Crippen LogP contribution is 2.45. The Balaban J connectivity index is 2.14. The molecule has 1 fully saturated rings. The summed E-state index contributed by atoms with van der Waals surface area (Å²) in [6, 6.07) is 0. The van der Waals surface area contributed by atoms with Crippen molar-refractivity contribution in [1.29, 1.82) is 0 Å². The van der Waals surface area contributed by atoms with E-state index in [1.165, 1.54) is 12.8 Å². The highest BCUT2D eigenvalue weighted by atomic mass is 16.3. The Hall–Kier alpha value is -0.120. The third-order valence-electron chi connectivity index (χ3n) is 2.83. The van der Waals surface area contributed by atoms with Gasteiger partial charge in [0, 0.05) is 31.7 Å². The maximum absolute atomic E-state index is 9.15. The van der Waals surface area contributed by atoms with Crippen LogP contribution in [0, 0.1) is 5.41 Å². The molecule has 0 saturated heterocycles. The lowest BCUT2D eigenvalue weighted by atomic mass is 10.1. The summed E-state index contributed by atoms with van der Waals surface area (Å²) in [5.74, 6) is 0. The van der Waals surface area contributed by atoms with Gasteiger partial charge in [-0.3, -0.25) is 0 Å². The van der Waals surface area contributed by atoms with Gasteiger partial charge in [-0.1, -0.05) is 0 Å². The summed E-state index contributed by atoms with van der Waals surface area (Å²) in [4.78, 5) is 4.51. The summed E-state index contributed by atoms with van der Waals surface area (Å²) in [5.41, 5.74) is 0.265. The lowest BCUT2D eigenvalue weighted by Gasteiger charge is -2.23. The van der Waals surface area contributed by atoms with Crippen LogP contribution >= 0.6 is 0 Å². The van der Waals surface area contributed by atoms with Gasteiger partial charge < -0.3 is 14.9 Å². The minimum atomic E-state index is 0.265. The van der Waals surface area contributed by atoms with Crippen LogP contribution in [0.25, 0.3) is 0 Å². The van der Waals surface area contributed by atoms with Crippen LogP contribution in [0.2, 0.25) is 0 Å². The fourth-order valence-corrected chi connectivity index (χ4v) is 1.57. The molecule has 0 heterocycles. The van der Waals surface area contributed by atoms with E-state index in [0.29, 0.717) is 6.61 Å². The first-order chi connectivity index (χ1) is 6.08. The minimum absolute atomic E-state index is 0.265. The Morgan fingerprint density at radius 1 is 1.15 bits per heavy atom. The van der Waals surface area contributed by atoms with E-state index in [9.17, 15) is 0 Å². The van der Waals surface area contributed by atoms with E-state index >= 15 is 0 Å². The topological polar surface area (TPSA) is 26.7 Å². The van der Waals surface area contributed by atoms with Gasteiger partial charge in [-0.2, -0.15) is 0 Å². The first-order valence-corrected chi connectivity index (χ1v) is 5.02. The molecule has 3 heteroatoms. The summed E-state index contributed by atoms with van der Waals surface area (Å²) in [6.07, 6.45) is 2.41. The summed E-state index contributed by atoms with van der Waals surface area (Å²) in [6.45, 7) is 3.60. The van der Waals surface area contributed by atoms with Crippen molar-refractivity contribution in [3.8, 4) is 0 Å². The lowest BCUT2D eigenvalue weighted by Crippen LogP contribution is -2.34. The summed E-state index contributed by atoms with van der Waals surface area (Å²) >= 11 is 0. The molecule has 13 heavy (non-hydrogen) atoms. The Kier molecular flexibility index (Phi) is 3.71. The van der Waals surface area contributed by atoms with Crippen LogP contribution in [0.3, 0.4) is 0 Å². The molecule has 0 atom stereocenters. The predicted octanol–water partition coefficient (Wildman–Crippen LogP) is 0.252. The highest BCUT2D eigenvalue weighted by molar-refractivity contribution is 4.94. The number of hydrogen-bond donors (Lipinski definition) is 1. The average molecular weight is 186 g/mol. The molecule has 0 aromatic rings. The average Bonchev–Trinajstić information content (AvgIpc) is 2.82. The number of aliphatic hydroxyl groups excluding tert-OH is 1. The van der Waals surface area contributed by atoms with Crippen molar-refractivity contribution in [2.24, 2.45) is 5.41 Å². The lowest BCUT2D eigenvalue weighted by molar-refractivity contribution is 0.158. The second-order valence-corrected chi connectivity index (χ2v) is 4.70. The Bertz CT molecular complexity index is 155. The van der Waals surface area contributed by atoms with Crippen LogP contribution in [0.5, 0.6) is 0 Å². The molecule has 78 valence electrons. The molecule has 1 saturated carbocycles. The van der Waals surface area contributed by atoms with Crippen LogP contribution in [0.1, 0.15) is 12.8 Å². The molecular formula is C10H22N2O. The van der Waals surface area contributed by atoms with Gasteiger partial charge in [-0.05, 0) is 34.0 Å². The third kappa shape index (κ3) is 3.63. The van der Waals surface area contributed by atoms with Gasteiger partial charge in [0.25, 0.3) is 0 Å².